The highest BCUT2D eigenvalue weighted by atomic mass is 16.5. The predicted molar refractivity (Wildman–Crippen MR) is 129 cm³/mol. The topological polar surface area (TPSA) is 127 Å². The van der Waals surface area contributed by atoms with E-state index in [1.807, 2.05) is 6.92 Å². The van der Waals surface area contributed by atoms with Crippen LogP contribution in [0.2, 0.25) is 0 Å². The van der Waals surface area contributed by atoms with Gasteiger partial charge in [-0.3, -0.25) is 9.48 Å². The summed E-state index contributed by atoms with van der Waals surface area (Å²) in [6.07, 6.45) is 6.45. The summed E-state index contributed by atoms with van der Waals surface area (Å²) in [7, 11) is 1.50. The van der Waals surface area contributed by atoms with Gasteiger partial charge < -0.3 is 20.4 Å². The van der Waals surface area contributed by atoms with Crippen molar-refractivity contribution in [1.29, 1.82) is 5.26 Å². The second-order valence-corrected chi connectivity index (χ2v) is 9.76. The van der Waals surface area contributed by atoms with Crippen LogP contribution < -0.4 is 14.8 Å². The summed E-state index contributed by atoms with van der Waals surface area (Å²) in [6, 6.07) is 10.9. The van der Waals surface area contributed by atoms with Gasteiger partial charge >= 0.3 is 5.91 Å². The Kier molecular flexibility index (Phi) is 5.64. The molecule has 0 radical (unpaired) electrons. The Morgan fingerprint density at radius 3 is 2.71 bits per heavy atom. The molecule has 1 amide bonds. The van der Waals surface area contributed by atoms with Crippen molar-refractivity contribution in [3.05, 3.63) is 53.1 Å². The number of hydrogen-bond acceptors (Lipinski definition) is 6. The fourth-order valence-corrected chi connectivity index (χ4v) is 4.96. The molecular formula is C26H29N5O4. The lowest BCUT2D eigenvalue weighted by Crippen LogP contribution is -2.43. The van der Waals surface area contributed by atoms with Crippen molar-refractivity contribution in [2.45, 2.75) is 68.9 Å². The number of nitrogens with zero attached hydrogens (tertiary/aromatic N) is 4. The maximum Gasteiger partial charge on any atom is 0.321 e. The molecule has 0 spiro atoms. The minimum absolute atomic E-state index is 0.0290. The number of benzene rings is 1. The van der Waals surface area contributed by atoms with E-state index < -0.39 is 17.0 Å². The van der Waals surface area contributed by atoms with Crippen LogP contribution in [-0.2, 0) is 5.54 Å². The van der Waals surface area contributed by atoms with Gasteiger partial charge in [-0.25, -0.2) is 0 Å². The van der Waals surface area contributed by atoms with Gasteiger partial charge in [-0.1, -0.05) is 6.92 Å². The molecule has 0 saturated heterocycles. The summed E-state index contributed by atoms with van der Waals surface area (Å²) in [5.74, 6) is 0.103. The quantitative estimate of drug-likeness (QED) is 0.413. The Morgan fingerprint density at radius 2 is 2.09 bits per heavy atom. The average Bonchev–Trinajstić information content (AvgIpc) is 3.63. The van der Waals surface area contributed by atoms with Gasteiger partial charge in [0.05, 0.1) is 30.0 Å². The minimum Gasteiger partial charge on any atom is -0.618 e. The van der Waals surface area contributed by atoms with E-state index in [1.165, 1.54) is 13.2 Å². The highest BCUT2D eigenvalue weighted by Crippen LogP contribution is 2.42. The molecule has 0 aliphatic heterocycles. The average molecular weight is 476 g/mol. The Hall–Kier alpha value is -3.64. The molecule has 1 aromatic carbocycles. The van der Waals surface area contributed by atoms with Gasteiger partial charge in [-0.05, 0) is 57.1 Å². The molecule has 9 nitrogen and oxygen atoms in total. The molecule has 2 heterocycles. The lowest BCUT2D eigenvalue weighted by atomic mass is 9.73. The number of carbonyl (C=O) groups excluding carboxylic acids is 1. The van der Waals surface area contributed by atoms with E-state index in [9.17, 15) is 20.4 Å². The molecule has 2 fully saturated rings. The molecule has 0 bridgehead atoms. The molecule has 5 rings (SSSR count). The first-order valence-corrected chi connectivity index (χ1v) is 12.1. The molecule has 3 aromatic rings. The zero-order valence-corrected chi connectivity index (χ0v) is 20.0. The van der Waals surface area contributed by atoms with Crippen molar-refractivity contribution in [3.63, 3.8) is 0 Å². The van der Waals surface area contributed by atoms with Gasteiger partial charge in [-0.2, -0.15) is 15.1 Å². The monoisotopic (exact) mass is 475 g/mol. The molecule has 2 N–H and O–H groups in total. The Balaban J connectivity index is 1.45. The zero-order chi connectivity index (χ0) is 24.8. The fourth-order valence-electron chi connectivity index (χ4n) is 4.96. The van der Waals surface area contributed by atoms with Crippen LogP contribution in [0.25, 0.3) is 10.9 Å². The third-order valence-corrected chi connectivity index (χ3v) is 7.59. The number of pyridine rings is 1. The summed E-state index contributed by atoms with van der Waals surface area (Å²) >= 11 is 0. The number of ether oxygens (including phenoxy) is 1. The number of anilines is 1. The number of nitrogens with one attached hydrogen (secondary N) is 1. The van der Waals surface area contributed by atoms with Gasteiger partial charge in [0.2, 0.25) is 0 Å². The molecule has 0 unspecified atom stereocenters. The number of hydrogen-bond donors (Lipinski definition) is 2. The summed E-state index contributed by atoms with van der Waals surface area (Å²) in [5.41, 5.74) is 0.112. The van der Waals surface area contributed by atoms with Crippen LogP contribution in [0.5, 0.6) is 5.75 Å². The van der Waals surface area contributed by atoms with Gasteiger partial charge in [0.25, 0.3) is 5.69 Å². The van der Waals surface area contributed by atoms with E-state index in [0.29, 0.717) is 59.5 Å². The van der Waals surface area contributed by atoms with Crippen LogP contribution in [-0.4, -0.2) is 33.5 Å². The lowest BCUT2D eigenvalue weighted by Gasteiger charge is -2.39. The van der Waals surface area contributed by atoms with Crippen LogP contribution in [0.15, 0.2) is 36.5 Å². The fraction of sp³-hybridized carbons (Fsp3) is 0.462. The highest BCUT2D eigenvalue weighted by molar-refractivity contribution is 6.04. The van der Waals surface area contributed by atoms with E-state index in [4.69, 9.17) is 4.74 Å². The maximum absolute atomic E-state index is 13.0. The summed E-state index contributed by atoms with van der Waals surface area (Å²) in [5, 5.41) is 41.6. The van der Waals surface area contributed by atoms with Crippen LogP contribution in [0.4, 0.5) is 5.69 Å². The Labute approximate surface area is 203 Å². The van der Waals surface area contributed by atoms with Crippen molar-refractivity contribution in [3.8, 4) is 11.8 Å². The molecular weight excluding hydrogens is 446 g/mol. The van der Waals surface area contributed by atoms with Gasteiger partial charge in [0.1, 0.15) is 11.3 Å². The third kappa shape index (κ3) is 4.08. The number of nitriles is 1. The number of carbonyl (C=O) groups is 1. The van der Waals surface area contributed by atoms with Gasteiger partial charge in [0.15, 0.2) is 5.69 Å². The molecule has 2 aromatic heterocycles. The summed E-state index contributed by atoms with van der Waals surface area (Å²) < 4.78 is 7.89. The van der Waals surface area contributed by atoms with E-state index >= 15 is 0 Å². The molecule has 2 aliphatic carbocycles. The first-order valence-electron chi connectivity index (χ1n) is 12.1. The van der Waals surface area contributed by atoms with Crippen LogP contribution >= 0.6 is 0 Å². The predicted octanol–water partition coefficient (Wildman–Crippen LogP) is 3.74. The molecule has 2 aliphatic rings. The second kappa shape index (κ2) is 8.54. The first-order chi connectivity index (χ1) is 16.8. The molecule has 2 saturated carbocycles. The summed E-state index contributed by atoms with van der Waals surface area (Å²) in [6.45, 7) is 1.96. The minimum atomic E-state index is -0.839. The SMILES string of the molecule is CCC1(O)CCC(C#N)(n2cc3cc(NC(=O)c4cccc(C5CC5)[n+]4[O-])c(OC)cc3n2)CC1. The highest BCUT2D eigenvalue weighted by Gasteiger charge is 2.43. The second-order valence-electron chi connectivity index (χ2n) is 9.76. The number of methoxy groups -OCH3 is 1. The largest absolute Gasteiger partial charge is 0.618 e. The number of aliphatic hydroxyl groups is 1. The van der Waals surface area contributed by atoms with E-state index in [-0.39, 0.29) is 11.6 Å². The van der Waals surface area contributed by atoms with Gasteiger partial charge in [0, 0.05) is 35.7 Å². The van der Waals surface area contributed by atoms with Crippen molar-refractivity contribution < 1.29 is 19.4 Å². The van der Waals surface area contributed by atoms with Crippen molar-refractivity contribution in [2.24, 2.45) is 0 Å². The Morgan fingerprint density at radius 1 is 1.34 bits per heavy atom. The van der Waals surface area contributed by atoms with Crippen LogP contribution in [0.3, 0.4) is 0 Å². The number of amides is 1. The standard InChI is InChI=1S/C26H29N5O4/c1-3-26(33)11-9-25(16-27,10-12-26)30-15-18-13-20(23(35-2)14-19(18)29-30)28-24(32)22-6-4-5-21(31(22)34)17-7-8-17/h4-6,13-15,17,33H,3,7-12H2,1-2H3,(H,28,32). The van der Waals surface area contributed by atoms with Crippen molar-refractivity contribution in [2.75, 3.05) is 12.4 Å². The third-order valence-electron chi connectivity index (χ3n) is 7.59. The first kappa shape index (κ1) is 23.1. The molecule has 35 heavy (non-hydrogen) atoms. The smallest absolute Gasteiger partial charge is 0.321 e. The molecule has 182 valence electrons. The zero-order valence-electron chi connectivity index (χ0n) is 20.0. The van der Waals surface area contributed by atoms with Crippen LogP contribution in [0, 0.1) is 16.5 Å². The molecule has 9 heteroatoms. The van der Waals surface area contributed by atoms with E-state index in [1.54, 1.807) is 35.1 Å². The number of rotatable bonds is 6. The number of fused-ring (bicyclic) bond motifs is 1. The van der Waals surface area contributed by atoms with Gasteiger partial charge in [-0.15, -0.1) is 0 Å². The molecule has 0 atom stereocenters. The van der Waals surface area contributed by atoms with Crippen LogP contribution in [0.1, 0.15) is 74.0 Å². The summed E-state index contributed by atoms with van der Waals surface area (Å²) in [4.78, 5) is 13.0. The lowest BCUT2D eigenvalue weighted by molar-refractivity contribution is -0.616. The maximum atomic E-state index is 13.0. The Bertz CT molecular complexity index is 1330. The van der Waals surface area contributed by atoms with Crippen molar-refractivity contribution >= 4 is 22.5 Å². The van der Waals surface area contributed by atoms with E-state index in [0.717, 1.165) is 18.2 Å². The van der Waals surface area contributed by atoms with Crippen molar-refractivity contribution in [1.82, 2.24) is 9.78 Å². The normalized spacial score (nSPS) is 24.2. The number of aromatic nitrogens is 3. The van der Waals surface area contributed by atoms with E-state index in [2.05, 4.69) is 16.5 Å².